The predicted octanol–water partition coefficient (Wildman–Crippen LogP) is 3.68. The molecule has 0 radical (unpaired) electrons. The van der Waals surface area contributed by atoms with E-state index in [1.807, 2.05) is 0 Å². The molecule has 0 bridgehead atoms. The molecule has 1 aliphatic heterocycles. The van der Waals surface area contributed by atoms with Crippen LogP contribution in [-0.4, -0.2) is 29.3 Å². The molecule has 28 heavy (non-hydrogen) atoms. The van der Waals surface area contributed by atoms with Crippen molar-refractivity contribution in [2.24, 2.45) is 0 Å². The number of urea groups is 1. The summed E-state index contributed by atoms with van der Waals surface area (Å²) in [5, 5.41) is 4.86. The first-order valence-corrected chi connectivity index (χ1v) is 8.72. The minimum Gasteiger partial charge on any atom is -0.322 e. The van der Waals surface area contributed by atoms with Crippen molar-refractivity contribution in [3.8, 4) is 0 Å². The second-order valence-electron chi connectivity index (χ2n) is 6.24. The third-order valence-electron chi connectivity index (χ3n) is 4.25. The lowest BCUT2D eigenvalue weighted by molar-refractivity contribution is -0.133. The van der Waals surface area contributed by atoms with Crippen LogP contribution in [0.3, 0.4) is 0 Å². The van der Waals surface area contributed by atoms with Gasteiger partial charge in [0.2, 0.25) is 5.91 Å². The van der Waals surface area contributed by atoms with Crippen LogP contribution >= 0.6 is 23.2 Å². The van der Waals surface area contributed by atoms with Crippen molar-refractivity contribution in [3.05, 3.63) is 63.6 Å². The molecule has 0 aliphatic carbocycles. The van der Waals surface area contributed by atoms with E-state index in [2.05, 4.69) is 10.6 Å². The lowest BCUT2D eigenvalue weighted by Gasteiger charge is -2.23. The van der Waals surface area contributed by atoms with Crippen molar-refractivity contribution < 1.29 is 23.2 Å². The molecule has 1 heterocycles. The number of carbonyl (C=O) groups is 3. The number of halogens is 4. The molecule has 1 unspecified atom stereocenters. The highest BCUT2D eigenvalue weighted by atomic mass is 35.5. The Labute approximate surface area is 168 Å². The molecule has 1 aliphatic rings. The molecule has 2 aromatic carbocycles. The van der Waals surface area contributed by atoms with Gasteiger partial charge in [-0.1, -0.05) is 29.3 Å². The molecule has 1 atom stereocenters. The smallest absolute Gasteiger partial charge is 0.322 e. The van der Waals surface area contributed by atoms with Gasteiger partial charge in [-0.3, -0.25) is 14.5 Å². The molecule has 1 saturated heterocycles. The van der Waals surface area contributed by atoms with Crippen molar-refractivity contribution >= 4 is 46.7 Å². The average Bonchev–Trinajstić information content (AvgIpc) is 2.82. The van der Waals surface area contributed by atoms with Gasteiger partial charge in [-0.2, -0.15) is 0 Å². The van der Waals surface area contributed by atoms with Gasteiger partial charge in [0.1, 0.15) is 23.7 Å². The maximum Gasteiger partial charge on any atom is 0.325 e. The Morgan fingerprint density at radius 1 is 1.18 bits per heavy atom. The van der Waals surface area contributed by atoms with Crippen LogP contribution in [-0.2, 0) is 15.1 Å². The normalized spacial score (nSPS) is 19.0. The SMILES string of the molecule is CC1(c2ccc(F)cc2Cl)NC(=O)N(CC(=O)Nc2cc(Cl)ccc2F)C1=O. The summed E-state index contributed by atoms with van der Waals surface area (Å²) in [6, 6.07) is 6.13. The lowest BCUT2D eigenvalue weighted by Crippen LogP contribution is -2.42. The number of hydrogen-bond acceptors (Lipinski definition) is 3. The van der Waals surface area contributed by atoms with E-state index in [0.29, 0.717) is 4.90 Å². The average molecular weight is 428 g/mol. The molecule has 10 heteroatoms. The van der Waals surface area contributed by atoms with Crippen molar-refractivity contribution in [2.45, 2.75) is 12.5 Å². The number of nitrogens with zero attached hydrogens (tertiary/aromatic N) is 1. The number of nitrogens with one attached hydrogen (secondary N) is 2. The van der Waals surface area contributed by atoms with E-state index in [0.717, 1.165) is 18.2 Å². The third kappa shape index (κ3) is 3.65. The summed E-state index contributed by atoms with van der Waals surface area (Å²) in [4.78, 5) is 37.9. The molecule has 1 fully saturated rings. The van der Waals surface area contributed by atoms with Crippen molar-refractivity contribution in [1.29, 1.82) is 0 Å². The van der Waals surface area contributed by atoms with E-state index in [1.54, 1.807) is 0 Å². The second kappa shape index (κ2) is 7.37. The first-order valence-electron chi connectivity index (χ1n) is 7.96. The van der Waals surface area contributed by atoms with Gasteiger partial charge in [0.15, 0.2) is 0 Å². The molecule has 146 valence electrons. The molecular formula is C18H13Cl2F2N3O3. The molecule has 6 nitrogen and oxygen atoms in total. The maximum atomic E-state index is 13.7. The number of anilines is 1. The fourth-order valence-corrected chi connectivity index (χ4v) is 3.37. The first kappa shape index (κ1) is 20.0. The summed E-state index contributed by atoms with van der Waals surface area (Å²) in [5.74, 6) is -2.89. The highest BCUT2D eigenvalue weighted by Gasteiger charge is 2.50. The van der Waals surface area contributed by atoms with Crippen molar-refractivity contribution in [3.63, 3.8) is 0 Å². The summed E-state index contributed by atoms with van der Waals surface area (Å²) < 4.78 is 27.0. The number of amides is 4. The summed E-state index contributed by atoms with van der Waals surface area (Å²) in [5.41, 5.74) is -1.59. The molecule has 0 spiro atoms. The highest BCUT2D eigenvalue weighted by molar-refractivity contribution is 6.32. The number of benzene rings is 2. The van der Waals surface area contributed by atoms with Gasteiger partial charge in [-0.25, -0.2) is 13.6 Å². The quantitative estimate of drug-likeness (QED) is 0.730. The van der Waals surface area contributed by atoms with Crippen LogP contribution in [0.4, 0.5) is 19.3 Å². The summed E-state index contributed by atoms with van der Waals surface area (Å²) in [6.45, 7) is 0.728. The van der Waals surface area contributed by atoms with E-state index in [-0.39, 0.29) is 21.3 Å². The highest BCUT2D eigenvalue weighted by Crippen LogP contribution is 2.34. The molecule has 4 amide bonds. The Kier molecular flexibility index (Phi) is 5.27. The van der Waals surface area contributed by atoms with Crippen LogP contribution in [0.1, 0.15) is 12.5 Å². The summed E-state index contributed by atoms with van der Waals surface area (Å²) in [7, 11) is 0. The van der Waals surface area contributed by atoms with Gasteiger partial charge in [-0.15, -0.1) is 0 Å². The van der Waals surface area contributed by atoms with Gasteiger partial charge in [-0.05, 0) is 37.3 Å². The number of hydrogen-bond donors (Lipinski definition) is 2. The Morgan fingerprint density at radius 2 is 1.89 bits per heavy atom. The minimum absolute atomic E-state index is 0.0524. The molecule has 2 N–H and O–H groups in total. The van der Waals surface area contributed by atoms with Gasteiger partial charge >= 0.3 is 6.03 Å². The molecule has 2 aromatic rings. The van der Waals surface area contributed by atoms with Gasteiger partial charge in [0, 0.05) is 15.6 Å². The molecule has 0 aromatic heterocycles. The van der Waals surface area contributed by atoms with Gasteiger partial charge in [0.25, 0.3) is 5.91 Å². The van der Waals surface area contributed by atoms with Crippen LogP contribution in [0.2, 0.25) is 10.0 Å². The summed E-state index contributed by atoms with van der Waals surface area (Å²) in [6.07, 6.45) is 0. The zero-order valence-electron chi connectivity index (χ0n) is 14.4. The summed E-state index contributed by atoms with van der Waals surface area (Å²) >= 11 is 11.8. The van der Waals surface area contributed by atoms with Gasteiger partial charge < -0.3 is 10.6 Å². The van der Waals surface area contributed by atoms with Crippen molar-refractivity contribution in [1.82, 2.24) is 10.2 Å². The van der Waals surface area contributed by atoms with E-state index in [1.165, 1.54) is 25.1 Å². The fraction of sp³-hybridized carbons (Fsp3) is 0.167. The van der Waals surface area contributed by atoms with E-state index < -0.39 is 41.6 Å². The number of imide groups is 1. The zero-order valence-corrected chi connectivity index (χ0v) is 15.9. The minimum atomic E-state index is -1.58. The Balaban J connectivity index is 1.80. The predicted molar refractivity (Wildman–Crippen MR) is 99.0 cm³/mol. The fourth-order valence-electron chi connectivity index (χ4n) is 2.84. The maximum absolute atomic E-state index is 13.7. The Bertz CT molecular complexity index is 1000. The largest absolute Gasteiger partial charge is 0.325 e. The van der Waals surface area contributed by atoms with Crippen LogP contribution in [0.5, 0.6) is 0 Å². The number of carbonyl (C=O) groups excluding carboxylic acids is 3. The Morgan fingerprint density at radius 3 is 2.57 bits per heavy atom. The molecule has 3 rings (SSSR count). The van der Waals surface area contributed by atoms with E-state index >= 15 is 0 Å². The molecule has 0 saturated carbocycles. The zero-order chi connectivity index (χ0) is 20.6. The van der Waals surface area contributed by atoms with Crippen LogP contribution < -0.4 is 10.6 Å². The van der Waals surface area contributed by atoms with E-state index in [9.17, 15) is 23.2 Å². The van der Waals surface area contributed by atoms with Gasteiger partial charge in [0.05, 0.1) is 5.69 Å². The first-order chi connectivity index (χ1) is 13.1. The number of rotatable bonds is 4. The van der Waals surface area contributed by atoms with Crippen LogP contribution in [0, 0.1) is 11.6 Å². The topological polar surface area (TPSA) is 78.5 Å². The lowest BCUT2D eigenvalue weighted by atomic mass is 9.92. The van der Waals surface area contributed by atoms with E-state index in [4.69, 9.17) is 23.2 Å². The van der Waals surface area contributed by atoms with Crippen molar-refractivity contribution in [2.75, 3.05) is 11.9 Å². The monoisotopic (exact) mass is 427 g/mol. The third-order valence-corrected chi connectivity index (χ3v) is 4.80. The standard InChI is InChI=1S/C18H13Cl2F2N3O3/c1-18(11-4-3-10(21)7-12(11)20)16(27)25(17(28)24-18)8-15(26)23-14-6-9(19)2-5-13(14)22/h2-7H,8H2,1H3,(H,23,26)(H,24,28). The molecular weight excluding hydrogens is 415 g/mol. The Hall–Kier alpha value is -2.71. The second-order valence-corrected chi connectivity index (χ2v) is 7.09. The van der Waals surface area contributed by atoms with Crippen LogP contribution in [0.15, 0.2) is 36.4 Å². The van der Waals surface area contributed by atoms with Crippen LogP contribution in [0.25, 0.3) is 0 Å².